The minimum absolute atomic E-state index is 0.175. The number of terminal acetylenes is 1. The smallest absolute Gasteiger partial charge is 0.170 e. The molecule has 0 radical (unpaired) electrons. The number of rotatable bonds is 5. The van der Waals surface area contributed by atoms with Gasteiger partial charge in [-0.15, -0.1) is 6.42 Å². The predicted octanol–water partition coefficient (Wildman–Crippen LogP) is 1.53. The van der Waals surface area contributed by atoms with E-state index in [4.69, 9.17) is 12.2 Å². The Morgan fingerprint density at radius 1 is 1.59 bits per heavy atom. The largest absolute Gasteiger partial charge is 0.343 e. The van der Waals surface area contributed by atoms with E-state index in [0.717, 1.165) is 6.54 Å². The average molecular weight is 233 g/mol. The first-order valence-corrected chi connectivity index (χ1v) is 5.78. The van der Waals surface area contributed by atoms with Gasteiger partial charge in [0.05, 0.1) is 6.54 Å². The summed E-state index contributed by atoms with van der Waals surface area (Å²) in [4.78, 5) is 5.91. The SMILES string of the molecule is C#CCN(CC1CC1)c1nccc(CN)c1F. The van der Waals surface area contributed by atoms with Gasteiger partial charge in [-0.25, -0.2) is 9.37 Å². The molecule has 1 heterocycles. The molecule has 1 aromatic heterocycles. The first-order chi connectivity index (χ1) is 8.26. The Kier molecular flexibility index (Phi) is 3.60. The number of hydrogen-bond acceptors (Lipinski definition) is 3. The number of nitrogens with zero attached hydrogens (tertiary/aromatic N) is 2. The van der Waals surface area contributed by atoms with Crippen LogP contribution in [0.4, 0.5) is 10.2 Å². The Labute approximate surface area is 101 Å². The maximum atomic E-state index is 14.1. The van der Waals surface area contributed by atoms with E-state index in [1.54, 1.807) is 12.3 Å². The van der Waals surface area contributed by atoms with Gasteiger partial charge >= 0.3 is 0 Å². The van der Waals surface area contributed by atoms with Crippen LogP contribution < -0.4 is 10.6 Å². The van der Waals surface area contributed by atoms with Gasteiger partial charge < -0.3 is 10.6 Å². The molecule has 0 atom stereocenters. The molecule has 0 bridgehead atoms. The van der Waals surface area contributed by atoms with Crippen molar-refractivity contribution in [2.45, 2.75) is 19.4 Å². The second kappa shape index (κ2) is 5.15. The third-order valence-electron chi connectivity index (χ3n) is 2.93. The van der Waals surface area contributed by atoms with Crippen LogP contribution in [-0.4, -0.2) is 18.1 Å². The van der Waals surface area contributed by atoms with Crippen LogP contribution in [-0.2, 0) is 6.54 Å². The molecule has 17 heavy (non-hydrogen) atoms. The highest BCUT2D eigenvalue weighted by Gasteiger charge is 2.26. The molecule has 0 aliphatic heterocycles. The van der Waals surface area contributed by atoms with Crippen LogP contribution in [0.2, 0.25) is 0 Å². The van der Waals surface area contributed by atoms with Crippen molar-refractivity contribution in [2.24, 2.45) is 11.7 Å². The maximum Gasteiger partial charge on any atom is 0.170 e. The normalized spacial score (nSPS) is 14.4. The van der Waals surface area contributed by atoms with E-state index in [9.17, 15) is 4.39 Å². The Hall–Kier alpha value is -1.60. The topological polar surface area (TPSA) is 42.2 Å². The summed E-state index contributed by atoms with van der Waals surface area (Å²) in [6.45, 7) is 1.34. The lowest BCUT2D eigenvalue weighted by Crippen LogP contribution is -2.28. The third-order valence-corrected chi connectivity index (χ3v) is 2.93. The molecule has 1 saturated carbocycles. The highest BCUT2D eigenvalue weighted by molar-refractivity contribution is 5.44. The Morgan fingerprint density at radius 2 is 2.35 bits per heavy atom. The molecule has 2 N–H and O–H groups in total. The first-order valence-electron chi connectivity index (χ1n) is 5.78. The van der Waals surface area contributed by atoms with Crippen LogP contribution in [0.1, 0.15) is 18.4 Å². The van der Waals surface area contributed by atoms with E-state index < -0.39 is 0 Å². The highest BCUT2D eigenvalue weighted by atomic mass is 19.1. The number of hydrogen-bond donors (Lipinski definition) is 1. The lowest BCUT2D eigenvalue weighted by atomic mass is 10.2. The lowest BCUT2D eigenvalue weighted by molar-refractivity contribution is 0.593. The van der Waals surface area contributed by atoms with Gasteiger partial charge in [-0.05, 0) is 24.8 Å². The summed E-state index contributed by atoms with van der Waals surface area (Å²) in [5.74, 6) is 3.17. The number of pyridine rings is 1. The minimum atomic E-state index is -0.342. The minimum Gasteiger partial charge on any atom is -0.343 e. The molecule has 4 heteroatoms. The van der Waals surface area contributed by atoms with Crippen LogP contribution in [0.3, 0.4) is 0 Å². The quantitative estimate of drug-likeness (QED) is 0.784. The van der Waals surface area contributed by atoms with Gasteiger partial charge in [0, 0.05) is 24.8 Å². The van der Waals surface area contributed by atoms with Gasteiger partial charge in [0.15, 0.2) is 11.6 Å². The summed E-state index contributed by atoms with van der Waals surface area (Å²) in [6.07, 6.45) is 9.28. The fraction of sp³-hybridized carbons (Fsp3) is 0.462. The number of aromatic nitrogens is 1. The zero-order chi connectivity index (χ0) is 12.3. The fourth-order valence-electron chi connectivity index (χ4n) is 1.80. The van der Waals surface area contributed by atoms with Gasteiger partial charge in [-0.2, -0.15) is 0 Å². The monoisotopic (exact) mass is 233 g/mol. The van der Waals surface area contributed by atoms with Gasteiger partial charge in [-0.1, -0.05) is 5.92 Å². The molecule has 0 spiro atoms. The highest BCUT2D eigenvalue weighted by Crippen LogP contribution is 2.31. The molecule has 1 fully saturated rings. The van der Waals surface area contributed by atoms with Crippen LogP contribution in [0, 0.1) is 24.1 Å². The molecule has 0 unspecified atom stereocenters. The van der Waals surface area contributed by atoms with Crippen molar-refractivity contribution < 1.29 is 4.39 Å². The molecular weight excluding hydrogens is 217 g/mol. The standard InChI is InChI=1S/C13H16FN3/c1-2-7-17(9-10-3-4-10)13-12(14)11(8-15)5-6-16-13/h1,5-6,10H,3-4,7-9,15H2. The molecule has 2 rings (SSSR count). The molecular formula is C13H16FN3. The van der Waals surface area contributed by atoms with Crippen LogP contribution in [0.5, 0.6) is 0 Å². The summed E-state index contributed by atoms with van der Waals surface area (Å²) in [5.41, 5.74) is 5.96. The second-order valence-corrected chi connectivity index (χ2v) is 4.34. The van der Waals surface area contributed by atoms with E-state index in [0.29, 0.717) is 23.8 Å². The Balaban J connectivity index is 2.24. The van der Waals surface area contributed by atoms with Crippen molar-refractivity contribution >= 4 is 5.82 Å². The Morgan fingerprint density at radius 3 is 2.94 bits per heavy atom. The molecule has 1 aliphatic rings. The van der Waals surface area contributed by atoms with Crippen LogP contribution >= 0.6 is 0 Å². The van der Waals surface area contributed by atoms with Gasteiger partial charge in [-0.3, -0.25) is 0 Å². The zero-order valence-corrected chi connectivity index (χ0v) is 9.69. The second-order valence-electron chi connectivity index (χ2n) is 4.34. The predicted molar refractivity (Wildman–Crippen MR) is 65.9 cm³/mol. The number of nitrogens with two attached hydrogens (primary N) is 1. The molecule has 3 nitrogen and oxygen atoms in total. The molecule has 0 amide bonds. The van der Waals surface area contributed by atoms with Crippen LogP contribution in [0.25, 0.3) is 0 Å². The van der Waals surface area contributed by atoms with Crippen molar-refractivity contribution in [1.82, 2.24) is 4.98 Å². The van der Waals surface area contributed by atoms with Crippen molar-refractivity contribution in [3.8, 4) is 12.3 Å². The van der Waals surface area contributed by atoms with E-state index in [1.165, 1.54) is 12.8 Å². The van der Waals surface area contributed by atoms with Crippen molar-refractivity contribution in [1.29, 1.82) is 0 Å². The summed E-state index contributed by atoms with van der Waals surface area (Å²) in [6, 6.07) is 1.60. The van der Waals surface area contributed by atoms with Gasteiger partial charge in [0.2, 0.25) is 0 Å². The summed E-state index contributed by atoms with van der Waals surface area (Å²) in [7, 11) is 0. The lowest BCUT2D eigenvalue weighted by Gasteiger charge is -2.22. The van der Waals surface area contributed by atoms with Crippen molar-refractivity contribution in [3.05, 3.63) is 23.6 Å². The molecule has 1 aromatic rings. The fourth-order valence-corrected chi connectivity index (χ4v) is 1.80. The number of halogens is 1. The first kappa shape index (κ1) is 11.9. The van der Waals surface area contributed by atoms with E-state index in [-0.39, 0.29) is 12.4 Å². The average Bonchev–Trinajstić information content (AvgIpc) is 3.13. The van der Waals surface area contributed by atoms with Crippen molar-refractivity contribution in [2.75, 3.05) is 18.0 Å². The number of anilines is 1. The summed E-state index contributed by atoms with van der Waals surface area (Å²) in [5, 5.41) is 0. The van der Waals surface area contributed by atoms with E-state index in [2.05, 4.69) is 10.9 Å². The van der Waals surface area contributed by atoms with Crippen LogP contribution in [0.15, 0.2) is 12.3 Å². The Bertz CT molecular complexity index is 435. The molecule has 0 aromatic carbocycles. The third kappa shape index (κ3) is 2.75. The summed E-state index contributed by atoms with van der Waals surface area (Å²) >= 11 is 0. The van der Waals surface area contributed by atoms with E-state index in [1.807, 2.05) is 4.90 Å². The van der Waals surface area contributed by atoms with Gasteiger partial charge in [0.1, 0.15) is 0 Å². The van der Waals surface area contributed by atoms with E-state index >= 15 is 0 Å². The summed E-state index contributed by atoms with van der Waals surface area (Å²) < 4.78 is 14.1. The molecule has 0 saturated heterocycles. The molecule has 90 valence electrons. The molecule has 1 aliphatic carbocycles. The zero-order valence-electron chi connectivity index (χ0n) is 9.69. The van der Waals surface area contributed by atoms with Crippen molar-refractivity contribution in [3.63, 3.8) is 0 Å². The van der Waals surface area contributed by atoms with Gasteiger partial charge in [0.25, 0.3) is 0 Å². The maximum absolute atomic E-state index is 14.1.